The molecular weight excluding hydrogens is 624 g/mol. The van der Waals surface area contributed by atoms with Gasteiger partial charge in [-0.15, -0.1) is 0 Å². The lowest BCUT2D eigenvalue weighted by Gasteiger charge is -2.14. The van der Waals surface area contributed by atoms with Crippen molar-refractivity contribution in [1.82, 2.24) is 20.2 Å². The van der Waals surface area contributed by atoms with Crippen molar-refractivity contribution in [3.63, 3.8) is 0 Å². The van der Waals surface area contributed by atoms with E-state index in [1.54, 1.807) is 69.0 Å². The number of amides is 2. The summed E-state index contributed by atoms with van der Waals surface area (Å²) in [4.78, 5) is 44.0. The summed E-state index contributed by atoms with van der Waals surface area (Å²) in [5, 5.41) is 6.48. The fourth-order valence-electron chi connectivity index (χ4n) is 5.02. The molecule has 1 aliphatic heterocycles. The summed E-state index contributed by atoms with van der Waals surface area (Å²) < 4.78 is 28.4. The van der Waals surface area contributed by atoms with E-state index in [0.29, 0.717) is 63.3 Å². The highest BCUT2D eigenvalue weighted by molar-refractivity contribution is 7.99. The van der Waals surface area contributed by atoms with Crippen LogP contribution in [-0.4, -0.2) is 54.7 Å². The molecule has 2 amide bonds. The second-order valence-corrected chi connectivity index (χ2v) is 11.5. The largest absolute Gasteiger partial charge is 0.493 e. The number of nitrogens with zero attached hydrogens (tertiary/aromatic N) is 2. The van der Waals surface area contributed by atoms with Crippen molar-refractivity contribution in [3.05, 3.63) is 106 Å². The van der Waals surface area contributed by atoms with Crippen LogP contribution >= 0.6 is 11.8 Å². The van der Waals surface area contributed by atoms with Gasteiger partial charge in [0.2, 0.25) is 12.7 Å². The number of methoxy groups -OCH3 is 2. The Labute approximate surface area is 274 Å². The third-order valence-corrected chi connectivity index (χ3v) is 8.47. The first-order chi connectivity index (χ1) is 22.9. The fraction of sp³-hybridized carbons (Fsp3) is 0.235. The summed E-state index contributed by atoms with van der Waals surface area (Å²) >= 11 is 1.15. The van der Waals surface area contributed by atoms with E-state index in [2.05, 4.69) is 10.6 Å². The predicted molar refractivity (Wildman–Crippen MR) is 175 cm³/mol. The summed E-state index contributed by atoms with van der Waals surface area (Å²) in [6, 6.07) is 19.5. The maximum atomic E-state index is 13.8. The van der Waals surface area contributed by atoms with Gasteiger partial charge in [-0.1, -0.05) is 30.0 Å². The Kier molecular flexibility index (Phi) is 9.62. The summed E-state index contributed by atoms with van der Waals surface area (Å²) in [5.74, 6) is 2.48. The molecule has 0 radical (unpaired) electrons. The Morgan fingerprint density at radius 1 is 0.936 bits per heavy atom. The maximum Gasteiger partial charge on any atom is 0.262 e. The molecule has 0 bridgehead atoms. The van der Waals surface area contributed by atoms with Gasteiger partial charge in [0.05, 0.1) is 50.2 Å². The lowest BCUT2D eigenvalue weighted by Crippen LogP contribution is -2.27. The molecule has 0 saturated heterocycles. The summed E-state index contributed by atoms with van der Waals surface area (Å²) in [5.41, 5.74) is 2.42. The maximum absolute atomic E-state index is 13.8. The van der Waals surface area contributed by atoms with E-state index in [1.165, 1.54) is 4.57 Å². The Hall–Kier alpha value is -5.43. The number of fused-ring (bicyclic) bond motifs is 2. The van der Waals surface area contributed by atoms with Crippen LogP contribution in [0.4, 0.5) is 0 Å². The highest BCUT2D eigenvalue weighted by Gasteiger charge is 2.20. The molecule has 2 N–H and O–H groups in total. The summed E-state index contributed by atoms with van der Waals surface area (Å²) in [6.07, 6.45) is 2.16. The van der Waals surface area contributed by atoms with Gasteiger partial charge in [-0.25, -0.2) is 4.98 Å². The van der Waals surface area contributed by atoms with Gasteiger partial charge in [-0.3, -0.25) is 19.0 Å². The van der Waals surface area contributed by atoms with E-state index < -0.39 is 0 Å². The van der Waals surface area contributed by atoms with Gasteiger partial charge in [0.15, 0.2) is 28.2 Å². The average molecular weight is 657 g/mol. The summed E-state index contributed by atoms with van der Waals surface area (Å²) in [6.45, 7) is 0.924. The van der Waals surface area contributed by atoms with Crippen molar-refractivity contribution >= 4 is 34.5 Å². The second kappa shape index (κ2) is 14.3. The first-order valence-corrected chi connectivity index (χ1v) is 15.7. The third kappa shape index (κ3) is 7.36. The fourth-order valence-corrected chi connectivity index (χ4v) is 5.85. The third-order valence-electron chi connectivity index (χ3n) is 7.49. The van der Waals surface area contributed by atoms with Gasteiger partial charge in [0.25, 0.3) is 11.5 Å². The molecule has 6 rings (SSSR count). The number of rotatable bonds is 13. The van der Waals surface area contributed by atoms with Crippen molar-refractivity contribution in [2.75, 3.05) is 33.3 Å². The molecule has 5 aromatic rings. The topological polar surface area (TPSA) is 143 Å². The zero-order valence-electron chi connectivity index (χ0n) is 25.7. The molecule has 3 heterocycles. The number of carbonyl (C=O) groups is 2. The van der Waals surface area contributed by atoms with Gasteiger partial charge in [-0.2, -0.15) is 0 Å². The van der Waals surface area contributed by atoms with Crippen molar-refractivity contribution in [2.45, 2.75) is 24.7 Å². The van der Waals surface area contributed by atoms with Gasteiger partial charge in [0.1, 0.15) is 5.76 Å². The summed E-state index contributed by atoms with van der Waals surface area (Å²) in [7, 11) is 3.17. The van der Waals surface area contributed by atoms with Crippen molar-refractivity contribution in [2.24, 2.45) is 0 Å². The molecule has 0 aliphatic carbocycles. The van der Waals surface area contributed by atoms with Gasteiger partial charge in [-0.05, 0) is 60.0 Å². The highest BCUT2D eigenvalue weighted by atomic mass is 32.2. The van der Waals surface area contributed by atoms with Crippen molar-refractivity contribution in [3.8, 4) is 23.0 Å². The number of thioether (sulfide) groups is 1. The number of carbonyl (C=O) groups excluding carboxylic acids is 2. The molecule has 1 aliphatic rings. The minimum atomic E-state index is -0.288. The van der Waals surface area contributed by atoms with Crippen molar-refractivity contribution < 1.29 is 33.0 Å². The van der Waals surface area contributed by atoms with Gasteiger partial charge in [0, 0.05) is 18.2 Å². The van der Waals surface area contributed by atoms with E-state index in [9.17, 15) is 14.4 Å². The van der Waals surface area contributed by atoms with E-state index in [-0.39, 0.29) is 43.0 Å². The van der Waals surface area contributed by atoms with Crippen LogP contribution in [0.15, 0.2) is 87.4 Å². The normalized spacial score (nSPS) is 11.8. The van der Waals surface area contributed by atoms with Crippen LogP contribution in [0.25, 0.3) is 10.9 Å². The first kappa shape index (κ1) is 31.5. The molecule has 0 unspecified atom stereocenters. The van der Waals surface area contributed by atoms with E-state index in [4.69, 9.17) is 28.3 Å². The van der Waals surface area contributed by atoms with Crippen LogP contribution in [0.2, 0.25) is 0 Å². The Balaban J connectivity index is 1.15. The molecule has 3 aromatic carbocycles. The molecule has 47 heavy (non-hydrogen) atoms. The zero-order chi connectivity index (χ0) is 32.8. The van der Waals surface area contributed by atoms with Crippen LogP contribution < -0.4 is 35.1 Å². The zero-order valence-corrected chi connectivity index (χ0v) is 26.6. The quantitative estimate of drug-likeness (QED) is 0.140. The van der Waals surface area contributed by atoms with E-state index >= 15 is 0 Å². The smallest absolute Gasteiger partial charge is 0.262 e. The van der Waals surface area contributed by atoms with Crippen LogP contribution in [0.5, 0.6) is 23.0 Å². The molecule has 242 valence electrons. The van der Waals surface area contributed by atoms with Gasteiger partial charge < -0.3 is 34.0 Å². The Morgan fingerprint density at radius 3 is 2.45 bits per heavy atom. The molecule has 13 heteroatoms. The number of benzene rings is 3. The van der Waals surface area contributed by atoms with Crippen molar-refractivity contribution in [1.29, 1.82) is 0 Å². The van der Waals surface area contributed by atoms with Crippen LogP contribution in [-0.2, 0) is 24.3 Å². The molecule has 12 nitrogen and oxygen atoms in total. The Bertz CT molecular complexity index is 1960. The van der Waals surface area contributed by atoms with Crippen LogP contribution in [0.3, 0.4) is 0 Å². The number of nitrogens with one attached hydrogen (secondary N) is 2. The number of hydrogen-bond acceptors (Lipinski definition) is 10. The number of ether oxygens (including phenoxy) is 4. The molecule has 0 fully saturated rings. The molecular formula is C34H32N4O8S. The Morgan fingerprint density at radius 2 is 1.70 bits per heavy atom. The minimum Gasteiger partial charge on any atom is -0.493 e. The molecule has 0 atom stereocenters. The molecule has 0 spiro atoms. The van der Waals surface area contributed by atoms with E-state index in [1.807, 2.05) is 18.2 Å². The van der Waals surface area contributed by atoms with E-state index in [0.717, 1.165) is 22.9 Å². The first-order valence-electron chi connectivity index (χ1n) is 14.8. The average Bonchev–Trinajstić information content (AvgIpc) is 3.79. The minimum absolute atomic E-state index is 0.0334. The van der Waals surface area contributed by atoms with Crippen LogP contribution in [0.1, 0.15) is 27.2 Å². The molecule has 0 saturated carbocycles. The SMILES string of the molecule is COc1ccc(CCNC(=O)c2ccc(Cn3c(SCC(=O)NCc4ccco4)nc4cc5c(cc4c3=O)OCO5)cc2)cc1OC. The number of hydrogen-bond donors (Lipinski definition) is 2. The standard InChI is InChI=1S/C34H32N4O8S/c1-42-27-10-7-21(14-28(27)43-2)11-12-35-32(40)23-8-5-22(6-9-23)18-38-33(41)25-15-29-30(46-20-45-29)16-26(25)37-34(38)47-19-31(39)36-17-24-4-3-13-44-24/h3-10,13-16H,11-12,17-20H2,1-2H3,(H,35,40)(H,36,39). The number of aromatic nitrogens is 2. The second-order valence-electron chi connectivity index (χ2n) is 10.5. The van der Waals surface area contributed by atoms with Crippen LogP contribution in [0, 0.1) is 0 Å². The predicted octanol–water partition coefficient (Wildman–Crippen LogP) is 4.16. The molecule has 2 aromatic heterocycles. The lowest BCUT2D eigenvalue weighted by atomic mass is 10.1. The lowest BCUT2D eigenvalue weighted by molar-refractivity contribution is -0.118. The highest BCUT2D eigenvalue weighted by Crippen LogP contribution is 2.35. The monoisotopic (exact) mass is 656 g/mol. The number of furan rings is 1. The van der Waals surface area contributed by atoms with Gasteiger partial charge >= 0.3 is 0 Å².